The molecule has 2 fully saturated rings. The molecule has 2 atom stereocenters. The molecule has 0 bridgehead atoms. The van der Waals surface area contributed by atoms with Crippen molar-refractivity contribution in [1.29, 1.82) is 0 Å². The predicted molar refractivity (Wildman–Crippen MR) is 39.7 cm³/mol. The Hall–Kier alpha value is -0.610. The number of hydrogen-bond donors (Lipinski definition) is 0. The summed E-state index contributed by atoms with van der Waals surface area (Å²) < 4.78 is 15.2. The minimum atomic E-state index is -0.752. The van der Waals surface area contributed by atoms with Crippen molar-refractivity contribution >= 4 is 5.97 Å². The molecule has 0 aromatic carbocycles. The molecule has 2 aliphatic rings. The van der Waals surface area contributed by atoms with Gasteiger partial charge in [-0.15, -0.1) is 0 Å². The molecule has 4 heteroatoms. The lowest BCUT2D eigenvalue weighted by Crippen LogP contribution is -2.32. The second-order valence-electron chi connectivity index (χ2n) is 3.42. The van der Waals surface area contributed by atoms with E-state index in [1.54, 1.807) is 6.92 Å². The Kier molecular flexibility index (Phi) is 1.47. The molecule has 0 N–H and O–H groups in total. The van der Waals surface area contributed by atoms with Gasteiger partial charge >= 0.3 is 5.97 Å². The molecule has 4 nitrogen and oxygen atoms in total. The van der Waals surface area contributed by atoms with Crippen LogP contribution < -0.4 is 0 Å². The maximum absolute atomic E-state index is 11.3. The van der Waals surface area contributed by atoms with E-state index in [0.29, 0.717) is 13.2 Å². The van der Waals surface area contributed by atoms with E-state index >= 15 is 0 Å². The molecule has 68 valence electrons. The summed E-state index contributed by atoms with van der Waals surface area (Å²) in [6.45, 7) is 2.94. The first-order valence-corrected chi connectivity index (χ1v) is 4.01. The number of rotatable bonds is 1. The van der Waals surface area contributed by atoms with Crippen LogP contribution in [0.5, 0.6) is 0 Å². The predicted octanol–water partition coefficient (Wildman–Crippen LogP) is 0.107. The van der Waals surface area contributed by atoms with E-state index in [1.165, 1.54) is 7.11 Å². The Morgan fingerprint density at radius 3 is 2.83 bits per heavy atom. The Bertz CT molecular complexity index is 219. The Balaban J connectivity index is 2.12. The number of hydrogen-bond acceptors (Lipinski definition) is 4. The van der Waals surface area contributed by atoms with Gasteiger partial charge in [-0.1, -0.05) is 0 Å². The molecule has 2 saturated heterocycles. The highest BCUT2D eigenvalue weighted by Gasteiger charge is 2.73. The molecule has 0 aromatic rings. The minimum Gasteiger partial charge on any atom is -0.467 e. The zero-order valence-corrected chi connectivity index (χ0v) is 7.25. The standard InChI is InChI=1S/C8H12O4/c1-7(6(9)10-2)8(12-7)3-4-11-5-8/h3-5H2,1-2H3. The van der Waals surface area contributed by atoms with Crippen LogP contribution in [0.25, 0.3) is 0 Å². The lowest BCUT2D eigenvalue weighted by Gasteiger charge is -2.06. The van der Waals surface area contributed by atoms with Crippen LogP contribution in [0, 0.1) is 0 Å². The molecule has 1 spiro atoms. The third kappa shape index (κ3) is 0.765. The van der Waals surface area contributed by atoms with Gasteiger partial charge in [0.15, 0.2) is 5.60 Å². The molecule has 0 saturated carbocycles. The van der Waals surface area contributed by atoms with E-state index < -0.39 is 5.60 Å². The van der Waals surface area contributed by atoms with Crippen molar-refractivity contribution < 1.29 is 19.0 Å². The average Bonchev–Trinajstić information content (AvgIpc) is 2.50. The monoisotopic (exact) mass is 172 g/mol. The van der Waals surface area contributed by atoms with Crippen LogP contribution in [0.1, 0.15) is 13.3 Å². The van der Waals surface area contributed by atoms with Crippen molar-refractivity contribution in [2.75, 3.05) is 20.3 Å². The zero-order valence-electron chi connectivity index (χ0n) is 7.25. The Morgan fingerprint density at radius 2 is 2.33 bits per heavy atom. The smallest absolute Gasteiger partial charge is 0.341 e. The quantitative estimate of drug-likeness (QED) is 0.416. The lowest BCUT2D eigenvalue weighted by molar-refractivity contribution is -0.146. The van der Waals surface area contributed by atoms with Crippen molar-refractivity contribution in [2.24, 2.45) is 0 Å². The van der Waals surface area contributed by atoms with E-state index in [-0.39, 0.29) is 11.6 Å². The highest BCUT2D eigenvalue weighted by atomic mass is 16.7. The van der Waals surface area contributed by atoms with Crippen molar-refractivity contribution in [2.45, 2.75) is 24.5 Å². The van der Waals surface area contributed by atoms with Crippen molar-refractivity contribution in [1.82, 2.24) is 0 Å². The number of carbonyl (C=O) groups is 1. The molecular weight excluding hydrogens is 160 g/mol. The first-order valence-electron chi connectivity index (χ1n) is 4.01. The lowest BCUT2D eigenvalue weighted by atomic mass is 9.94. The molecule has 0 aromatic heterocycles. The maximum atomic E-state index is 11.3. The third-order valence-electron chi connectivity index (χ3n) is 2.79. The molecule has 2 aliphatic heterocycles. The Morgan fingerprint density at radius 1 is 1.58 bits per heavy atom. The molecular formula is C8H12O4. The summed E-state index contributed by atoms with van der Waals surface area (Å²) in [7, 11) is 1.37. The van der Waals surface area contributed by atoms with Gasteiger partial charge in [0.25, 0.3) is 0 Å². The summed E-state index contributed by atoms with van der Waals surface area (Å²) in [5.41, 5.74) is -1.13. The second-order valence-corrected chi connectivity index (χ2v) is 3.42. The van der Waals surface area contributed by atoms with E-state index in [0.717, 1.165) is 6.42 Å². The zero-order chi connectivity index (χ0) is 8.82. The van der Waals surface area contributed by atoms with Crippen LogP contribution in [0.3, 0.4) is 0 Å². The first-order chi connectivity index (χ1) is 5.65. The van der Waals surface area contributed by atoms with E-state index in [4.69, 9.17) is 9.47 Å². The SMILES string of the molecule is COC(=O)C1(C)OC12CCOC2. The number of esters is 1. The maximum Gasteiger partial charge on any atom is 0.341 e. The van der Waals surface area contributed by atoms with Gasteiger partial charge < -0.3 is 14.2 Å². The Labute approximate surface area is 70.8 Å². The molecule has 0 amide bonds. The number of methoxy groups -OCH3 is 1. The fourth-order valence-corrected chi connectivity index (χ4v) is 1.79. The number of carbonyl (C=O) groups excluding carboxylic acids is 1. The molecule has 2 rings (SSSR count). The largest absolute Gasteiger partial charge is 0.467 e. The highest BCUT2D eigenvalue weighted by molar-refractivity contribution is 5.84. The van der Waals surface area contributed by atoms with Crippen LogP contribution in [-0.4, -0.2) is 37.5 Å². The van der Waals surface area contributed by atoms with Gasteiger partial charge in [-0.3, -0.25) is 0 Å². The topological polar surface area (TPSA) is 48.1 Å². The summed E-state index contributed by atoms with van der Waals surface area (Å²) in [5, 5.41) is 0. The van der Waals surface area contributed by atoms with Crippen molar-refractivity contribution in [3.8, 4) is 0 Å². The number of ether oxygens (including phenoxy) is 3. The van der Waals surface area contributed by atoms with E-state index in [9.17, 15) is 4.79 Å². The number of epoxide rings is 1. The summed E-state index contributed by atoms with van der Waals surface area (Å²) in [4.78, 5) is 11.3. The van der Waals surface area contributed by atoms with Crippen LogP contribution in [0.15, 0.2) is 0 Å². The average molecular weight is 172 g/mol. The fourth-order valence-electron chi connectivity index (χ4n) is 1.79. The van der Waals surface area contributed by atoms with Gasteiger partial charge in [0, 0.05) is 13.0 Å². The molecule has 2 unspecified atom stereocenters. The van der Waals surface area contributed by atoms with Gasteiger partial charge in [0.2, 0.25) is 0 Å². The van der Waals surface area contributed by atoms with Gasteiger partial charge in [-0.25, -0.2) is 4.79 Å². The summed E-state index contributed by atoms with van der Waals surface area (Å²) in [6, 6.07) is 0. The van der Waals surface area contributed by atoms with Gasteiger partial charge in [-0.2, -0.15) is 0 Å². The molecule has 0 aliphatic carbocycles. The minimum absolute atomic E-state index is 0.298. The van der Waals surface area contributed by atoms with Crippen molar-refractivity contribution in [3.05, 3.63) is 0 Å². The molecule has 12 heavy (non-hydrogen) atoms. The summed E-state index contributed by atoms with van der Waals surface area (Å²) >= 11 is 0. The van der Waals surface area contributed by atoms with Gasteiger partial charge in [0.1, 0.15) is 5.60 Å². The first kappa shape index (κ1) is 8.01. The summed E-state index contributed by atoms with van der Waals surface area (Å²) in [5.74, 6) is -0.298. The fraction of sp³-hybridized carbons (Fsp3) is 0.875. The third-order valence-corrected chi connectivity index (χ3v) is 2.79. The van der Waals surface area contributed by atoms with Crippen LogP contribution >= 0.6 is 0 Å². The highest BCUT2D eigenvalue weighted by Crippen LogP contribution is 2.53. The normalized spacial score (nSPS) is 44.8. The van der Waals surface area contributed by atoms with Crippen LogP contribution in [-0.2, 0) is 19.0 Å². The van der Waals surface area contributed by atoms with E-state index in [1.807, 2.05) is 0 Å². The molecule has 2 heterocycles. The van der Waals surface area contributed by atoms with E-state index in [2.05, 4.69) is 4.74 Å². The van der Waals surface area contributed by atoms with Crippen LogP contribution in [0.4, 0.5) is 0 Å². The van der Waals surface area contributed by atoms with Gasteiger partial charge in [0.05, 0.1) is 13.7 Å². The summed E-state index contributed by atoms with van der Waals surface area (Å²) in [6.07, 6.45) is 0.790. The molecule has 0 radical (unpaired) electrons. The second kappa shape index (κ2) is 2.20. The van der Waals surface area contributed by atoms with Gasteiger partial charge in [-0.05, 0) is 6.92 Å². The van der Waals surface area contributed by atoms with Crippen molar-refractivity contribution in [3.63, 3.8) is 0 Å². The van der Waals surface area contributed by atoms with Crippen LogP contribution in [0.2, 0.25) is 0 Å².